The Morgan fingerprint density at radius 1 is 1.11 bits per heavy atom. The van der Waals surface area contributed by atoms with E-state index >= 15 is 0 Å². The van der Waals surface area contributed by atoms with Gasteiger partial charge in [-0.15, -0.1) is 0 Å². The lowest BCUT2D eigenvalue weighted by Crippen LogP contribution is -1.97. The summed E-state index contributed by atoms with van der Waals surface area (Å²) in [6.45, 7) is 2.17. The zero-order chi connectivity index (χ0) is 13.0. The first-order valence-electron chi connectivity index (χ1n) is 6.10. The number of benzene rings is 2. The van der Waals surface area contributed by atoms with Crippen LogP contribution < -0.4 is 11.1 Å². The maximum atomic E-state index is 6.17. The molecule has 0 spiro atoms. The van der Waals surface area contributed by atoms with Crippen LogP contribution in [0, 0.1) is 0 Å². The molecule has 0 aliphatic rings. The lowest BCUT2D eigenvalue weighted by molar-refractivity contribution is 0.923. The summed E-state index contributed by atoms with van der Waals surface area (Å²) in [6, 6.07) is 13.8. The maximum Gasteiger partial charge on any atom is 0.0661 e. The van der Waals surface area contributed by atoms with E-state index in [1.54, 1.807) is 6.07 Å². The van der Waals surface area contributed by atoms with Gasteiger partial charge in [-0.2, -0.15) is 0 Å². The van der Waals surface area contributed by atoms with Gasteiger partial charge in [-0.05, 0) is 36.2 Å². The van der Waals surface area contributed by atoms with Gasteiger partial charge < -0.3 is 11.1 Å². The first-order valence-corrected chi connectivity index (χ1v) is 6.48. The molecule has 0 atom stereocenters. The van der Waals surface area contributed by atoms with Crippen molar-refractivity contribution in [2.24, 2.45) is 0 Å². The van der Waals surface area contributed by atoms with E-state index in [-0.39, 0.29) is 0 Å². The number of halogens is 1. The molecule has 0 unspecified atom stereocenters. The zero-order valence-electron chi connectivity index (χ0n) is 10.4. The average molecular weight is 261 g/mol. The molecule has 0 aromatic heterocycles. The summed E-state index contributed by atoms with van der Waals surface area (Å²) < 4.78 is 0. The first kappa shape index (κ1) is 12.8. The van der Waals surface area contributed by atoms with Gasteiger partial charge in [0.2, 0.25) is 0 Å². The molecule has 2 aromatic carbocycles. The molecule has 2 nitrogen and oxygen atoms in total. The van der Waals surface area contributed by atoms with Crippen LogP contribution in [0.2, 0.25) is 5.02 Å². The predicted molar refractivity (Wildman–Crippen MR) is 79.6 cm³/mol. The Bertz CT molecular complexity index is 538. The standard InChI is InChI=1S/C15H17ClN2/c1-2-5-11-6-3-4-7-14(11)18-15-9-8-12(17)10-13(15)16/h3-4,6-10,18H,2,5,17H2,1H3. The highest BCUT2D eigenvalue weighted by Crippen LogP contribution is 2.29. The number of rotatable bonds is 4. The Labute approximate surface area is 113 Å². The molecule has 94 valence electrons. The summed E-state index contributed by atoms with van der Waals surface area (Å²) in [5.41, 5.74) is 9.65. The molecule has 0 saturated carbocycles. The number of anilines is 3. The fourth-order valence-electron chi connectivity index (χ4n) is 1.91. The van der Waals surface area contributed by atoms with Gasteiger partial charge in [-0.3, -0.25) is 0 Å². The largest absolute Gasteiger partial charge is 0.399 e. The highest BCUT2D eigenvalue weighted by atomic mass is 35.5. The fourth-order valence-corrected chi connectivity index (χ4v) is 2.14. The van der Waals surface area contributed by atoms with E-state index in [1.807, 2.05) is 18.2 Å². The molecule has 3 heteroatoms. The van der Waals surface area contributed by atoms with Crippen LogP contribution in [0.3, 0.4) is 0 Å². The maximum absolute atomic E-state index is 6.17. The van der Waals surface area contributed by atoms with Gasteiger partial charge in [0, 0.05) is 11.4 Å². The number of nitrogen functional groups attached to an aromatic ring is 1. The molecule has 18 heavy (non-hydrogen) atoms. The highest BCUT2D eigenvalue weighted by molar-refractivity contribution is 6.33. The van der Waals surface area contributed by atoms with Gasteiger partial charge in [0.25, 0.3) is 0 Å². The Kier molecular flexibility index (Phi) is 4.11. The van der Waals surface area contributed by atoms with Gasteiger partial charge in [-0.1, -0.05) is 43.1 Å². The Hall–Kier alpha value is -1.67. The topological polar surface area (TPSA) is 38.0 Å². The van der Waals surface area contributed by atoms with E-state index in [2.05, 4.69) is 30.4 Å². The summed E-state index contributed by atoms with van der Waals surface area (Å²) in [7, 11) is 0. The van der Waals surface area contributed by atoms with Crippen molar-refractivity contribution in [3.05, 3.63) is 53.1 Å². The quantitative estimate of drug-likeness (QED) is 0.788. The first-order chi connectivity index (χ1) is 8.70. The van der Waals surface area contributed by atoms with Crippen LogP contribution in [0.1, 0.15) is 18.9 Å². The minimum Gasteiger partial charge on any atom is -0.399 e. The van der Waals surface area contributed by atoms with Crippen molar-refractivity contribution in [3.63, 3.8) is 0 Å². The van der Waals surface area contributed by atoms with E-state index in [0.717, 1.165) is 24.2 Å². The molecule has 0 heterocycles. The van der Waals surface area contributed by atoms with Crippen molar-refractivity contribution < 1.29 is 0 Å². The second kappa shape index (κ2) is 5.78. The molecule has 2 aromatic rings. The lowest BCUT2D eigenvalue weighted by atomic mass is 10.1. The summed E-state index contributed by atoms with van der Waals surface area (Å²) in [5.74, 6) is 0. The third-order valence-corrected chi connectivity index (χ3v) is 3.11. The van der Waals surface area contributed by atoms with E-state index in [4.69, 9.17) is 17.3 Å². The molecular formula is C15H17ClN2. The van der Waals surface area contributed by atoms with Gasteiger partial charge in [0.1, 0.15) is 0 Å². The fraction of sp³-hybridized carbons (Fsp3) is 0.200. The molecule has 0 amide bonds. The molecule has 0 bridgehead atoms. The van der Waals surface area contributed by atoms with Crippen LogP contribution >= 0.6 is 11.6 Å². The summed E-state index contributed by atoms with van der Waals surface area (Å²) in [6.07, 6.45) is 2.17. The monoisotopic (exact) mass is 260 g/mol. The normalized spacial score (nSPS) is 10.3. The SMILES string of the molecule is CCCc1ccccc1Nc1ccc(N)cc1Cl. The minimum absolute atomic E-state index is 0.640. The summed E-state index contributed by atoms with van der Waals surface area (Å²) in [4.78, 5) is 0. The van der Waals surface area contributed by atoms with Gasteiger partial charge in [0.15, 0.2) is 0 Å². The number of para-hydroxylation sites is 1. The van der Waals surface area contributed by atoms with Crippen molar-refractivity contribution in [2.75, 3.05) is 11.1 Å². The van der Waals surface area contributed by atoms with Crippen molar-refractivity contribution in [1.82, 2.24) is 0 Å². The van der Waals surface area contributed by atoms with Crippen molar-refractivity contribution in [2.45, 2.75) is 19.8 Å². The molecule has 0 saturated heterocycles. The lowest BCUT2D eigenvalue weighted by Gasteiger charge is -2.13. The van der Waals surface area contributed by atoms with Crippen molar-refractivity contribution in [1.29, 1.82) is 0 Å². The number of hydrogen-bond acceptors (Lipinski definition) is 2. The Morgan fingerprint density at radius 2 is 1.89 bits per heavy atom. The number of hydrogen-bond donors (Lipinski definition) is 2. The van der Waals surface area contributed by atoms with Gasteiger partial charge in [0.05, 0.1) is 10.7 Å². The smallest absolute Gasteiger partial charge is 0.0661 e. The molecule has 2 rings (SSSR count). The Balaban J connectivity index is 2.28. The molecule has 0 aliphatic carbocycles. The van der Waals surface area contributed by atoms with Crippen LogP contribution in [0.25, 0.3) is 0 Å². The minimum atomic E-state index is 0.640. The van der Waals surface area contributed by atoms with Crippen LogP contribution in [-0.4, -0.2) is 0 Å². The van der Waals surface area contributed by atoms with Gasteiger partial charge >= 0.3 is 0 Å². The molecule has 0 aliphatic heterocycles. The second-order valence-corrected chi connectivity index (χ2v) is 4.68. The third kappa shape index (κ3) is 2.96. The summed E-state index contributed by atoms with van der Waals surface area (Å²) in [5, 5.41) is 4.01. The number of nitrogens with one attached hydrogen (secondary N) is 1. The van der Waals surface area contributed by atoms with Crippen LogP contribution in [0.15, 0.2) is 42.5 Å². The predicted octanol–water partition coefficient (Wildman–Crippen LogP) is 4.62. The van der Waals surface area contributed by atoms with E-state index in [0.29, 0.717) is 10.7 Å². The molecular weight excluding hydrogens is 244 g/mol. The molecule has 3 N–H and O–H groups in total. The van der Waals surface area contributed by atoms with Crippen LogP contribution in [-0.2, 0) is 6.42 Å². The Morgan fingerprint density at radius 3 is 2.61 bits per heavy atom. The second-order valence-electron chi connectivity index (χ2n) is 4.27. The molecule has 0 radical (unpaired) electrons. The number of aryl methyl sites for hydroxylation is 1. The molecule has 0 fully saturated rings. The van der Waals surface area contributed by atoms with Crippen molar-refractivity contribution in [3.8, 4) is 0 Å². The average Bonchev–Trinajstić information content (AvgIpc) is 2.35. The summed E-state index contributed by atoms with van der Waals surface area (Å²) >= 11 is 6.17. The third-order valence-electron chi connectivity index (χ3n) is 2.80. The van der Waals surface area contributed by atoms with E-state index in [1.165, 1.54) is 5.56 Å². The highest BCUT2D eigenvalue weighted by Gasteiger charge is 2.04. The zero-order valence-corrected chi connectivity index (χ0v) is 11.2. The van der Waals surface area contributed by atoms with E-state index < -0.39 is 0 Å². The van der Waals surface area contributed by atoms with E-state index in [9.17, 15) is 0 Å². The van der Waals surface area contributed by atoms with Crippen LogP contribution in [0.4, 0.5) is 17.1 Å². The van der Waals surface area contributed by atoms with Crippen LogP contribution in [0.5, 0.6) is 0 Å². The van der Waals surface area contributed by atoms with Crippen molar-refractivity contribution >= 4 is 28.7 Å². The van der Waals surface area contributed by atoms with Gasteiger partial charge in [-0.25, -0.2) is 0 Å². The number of nitrogens with two attached hydrogens (primary N) is 1.